The van der Waals surface area contributed by atoms with E-state index in [1.807, 2.05) is 6.07 Å². The Balaban J connectivity index is 1.75. The number of fused-ring (bicyclic) bond motifs is 1. The minimum absolute atomic E-state index is 0.142. The smallest absolute Gasteiger partial charge is 0.354 e. The number of carbonyl (C=O) groups excluding carboxylic acids is 1. The maximum absolute atomic E-state index is 12.5. The summed E-state index contributed by atoms with van der Waals surface area (Å²) in [4.78, 5) is 24.6. The zero-order valence-electron chi connectivity index (χ0n) is 15.2. The second-order valence-electron chi connectivity index (χ2n) is 6.20. The van der Waals surface area contributed by atoms with E-state index in [2.05, 4.69) is 5.16 Å². The average molecular weight is 431 g/mol. The molecule has 3 heterocycles. The topological polar surface area (TPSA) is 94.6 Å². The van der Waals surface area contributed by atoms with Crippen molar-refractivity contribution in [3.8, 4) is 10.6 Å². The van der Waals surface area contributed by atoms with E-state index in [0.717, 1.165) is 4.88 Å². The molecule has 0 spiro atoms. The first-order valence-corrected chi connectivity index (χ1v) is 9.90. The van der Waals surface area contributed by atoms with Gasteiger partial charge in [0.25, 0.3) is 0 Å². The Morgan fingerprint density at radius 3 is 2.76 bits per heavy atom. The molecule has 0 atom stereocenters. The molecule has 0 aliphatic heterocycles. The number of hydrogen-bond donors (Lipinski definition) is 1. The van der Waals surface area contributed by atoms with Crippen molar-refractivity contribution in [3.63, 3.8) is 0 Å². The van der Waals surface area contributed by atoms with Gasteiger partial charge in [0, 0.05) is 17.0 Å². The quantitative estimate of drug-likeness (QED) is 0.435. The Morgan fingerprint density at radius 1 is 1.24 bits per heavy atom. The first kappa shape index (κ1) is 19.2. The molecule has 1 N–H and O–H groups in total. The predicted molar refractivity (Wildman–Crippen MR) is 109 cm³/mol. The summed E-state index contributed by atoms with van der Waals surface area (Å²) in [5.74, 6) is -0.943. The van der Waals surface area contributed by atoms with E-state index in [0.29, 0.717) is 32.4 Å². The van der Waals surface area contributed by atoms with Gasteiger partial charge >= 0.3 is 11.9 Å². The number of hydrogen-bond acceptors (Lipinski definition) is 6. The summed E-state index contributed by atoms with van der Waals surface area (Å²) in [6.45, 7) is 2.21. The lowest BCUT2D eigenvalue weighted by Crippen LogP contribution is -2.13. The van der Waals surface area contributed by atoms with Gasteiger partial charge in [0.15, 0.2) is 5.76 Å². The van der Waals surface area contributed by atoms with Gasteiger partial charge in [0.2, 0.25) is 0 Å². The second kappa shape index (κ2) is 7.73. The van der Waals surface area contributed by atoms with Gasteiger partial charge in [-0.2, -0.15) is 0 Å². The number of carboxylic acid groups (broad SMARTS) is 1. The van der Waals surface area contributed by atoms with Crippen LogP contribution in [0, 0.1) is 0 Å². The van der Waals surface area contributed by atoms with Gasteiger partial charge in [-0.3, -0.25) is 0 Å². The van der Waals surface area contributed by atoms with Gasteiger partial charge in [-0.05, 0) is 43.3 Å². The number of aromatic nitrogens is 2. The highest BCUT2D eigenvalue weighted by atomic mass is 35.5. The summed E-state index contributed by atoms with van der Waals surface area (Å²) < 4.78 is 13.0. The van der Waals surface area contributed by atoms with Gasteiger partial charge in [-0.1, -0.05) is 16.8 Å². The van der Waals surface area contributed by atoms with Crippen molar-refractivity contribution in [2.75, 3.05) is 6.61 Å². The summed E-state index contributed by atoms with van der Waals surface area (Å²) in [6.07, 6.45) is 0. The van der Waals surface area contributed by atoms with Gasteiger partial charge in [0.05, 0.1) is 27.9 Å². The lowest BCUT2D eigenvalue weighted by molar-refractivity contribution is 0.0514. The number of benzene rings is 1. The molecule has 3 aromatic heterocycles. The second-order valence-corrected chi connectivity index (χ2v) is 7.92. The largest absolute Gasteiger partial charge is 0.478 e. The Hall–Kier alpha value is -3.10. The molecule has 4 aromatic rings. The van der Waals surface area contributed by atoms with Crippen molar-refractivity contribution in [3.05, 3.63) is 63.8 Å². The van der Waals surface area contributed by atoms with Crippen LogP contribution in [0.3, 0.4) is 0 Å². The minimum atomic E-state index is -1.03. The van der Waals surface area contributed by atoms with Gasteiger partial charge in [-0.25, -0.2) is 9.59 Å². The number of halogens is 1. The van der Waals surface area contributed by atoms with E-state index in [1.165, 1.54) is 23.5 Å². The monoisotopic (exact) mass is 430 g/mol. The summed E-state index contributed by atoms with van der Waals surface area (Å²) >= 11 is 7.36. The molecular weight excluding hydrogens is 416 g/mol. The van der Waals surface area contributed by atoms with Gasteiger partial charge in [0.1, 0.15) is 11.4 Å². The van der Waals surface area contributed by atoms with E-state index in [-0.39, 0.29) is 18.7 Å². The highest BCUT2D eigenvalue weighted by molar-refractivity contribution is 7.19. The van der Waals surface area contributed by atoms with Crippen LogP contribution in [0.1, 0.15) is 33.5 Å². The fourth-order valence-corrected chi connectivity index (χ4v) is 4.05. The van der Waals surface area contributed by atoms with E-state index >= 15 is 0 Å². The zero-order valence-corrected chi connectivity index (χ0v) is 16.8. The molecule has 0 saturated carbocycles. The zero-order chi connectivity index (χ0) is 20.5. The molecule has 0 bridgehead atoms. The first-order chi connectivity index (χ1) is 14.0. The molecule has 0 amide bonds. The number of thiophene rings is 1. The molecular formula is C20H15ClN2O5S. The maximum Gasteiger partial charge on any atom is 0.354 e. The number of rotatable bonds is 6. The molecule has 0 aliphatic carbocycles. The highest BCUT2D eigenvalue weighted by Gasteiger charge is 2.19. The molecule has 1 aromatic carbocycles. The van der Waals surface area contributed by atoms with Gasteiger partial charge < -0.3 is 18.9 Å². The van der Waals surface area contributed by atoms with Crippen molar-refractivity contribution in [2.45, 2.75) is 13.5 Å². The van der Waals surface area contributed by atoms with Crippen LogP contribution in [0.15, 0.2) is 47.0 Å². The minimum Gasteiger partial charge on any atom is -0.478 e. The van der Waals surface area contributed by atoms with Crippen LogP contribution < -0.4 is 0 Å². The third-order valence-corrected chi connectivity index (χ3v) is 5.57. The Morgan fingerprint density at radius 2 is 2.07 bits per heavy atom. The highest BCUT2D eigenvalue weighted by Crippen LogP contribution is 2.32. The summed E-state index contributed by atoms with van der Waals surface area (Å²) in [5.41, 5.74) is 1.76. The molecule has 7 nitrogen and oxygen atoms in total. The molecule has 0 fully saturated rings. The number of carbonyl (C=O) groups is 2. The van der Waals surface area contributed by atoms with Crippen LogP contribution in [-0.2, 0) is 11.3 Å². The average Bonchev–Trinajstić information content (AvgIpc) is 3.41. The standard InChI is InChI=1S/C20H15ClN2O5S/c1-2-27-20(26)15-8-12-7-11(19(24)25)3-4-14(12)23(15)10-13-9-16(28-22-13)17-5-6-18(21)29-17/h3-9H,2,10H2,1H3,(H,24,25). The SMILES string of the molecule is CCOC(=O)c1cc2cc(C(=O)O)ccc2n1Cc1cc(-c2ccc(Cl)s2)on1. The number of aromatic carboxylic acids is 1. The van der Waals surface area contributed by atoms with E-state index in [4.69, 9.17) is 20.9 Å². The molecule has 9 heteroatoms. The molecule has 0 radical (unpaired) electrons. The van der Waals surface area contributed by atoms with Crippen LogP contribution in [0.25, 0.3) is 21.5 Å². The Labute approximate surface area is 174 Å². The van der Waals surface area contributed by atoms with Crippen molar-refractivity contribution in [1.82, 2.24) is 9.72 Å². The number of carboxylic acids is 1. The van der Waals surface area contributed by atoms with Crippen LogP contribution in [0.5, 0.6) is 0 Å². The molecule has 29 heavy (non-hydrogen) atoms. The molecule has 0 aliphatic rings. The first-order valence-electron chi connectivity index (χ1n) is 8.71. The van der Waals surface area contributed by atoms with Crippen LogP contribution in [0.4, 0.5) is 0 Å². The number of nitrogens with zero attached hydrogens (tertiary/aromatic N) is 2. The summed E-state index contributed by atoms with van der Waals surface area (Å²) in [6, 6.07) is 11.7. The van der Waals surface area contributed by atoms with E-state index in [9.17, 15) is 14.7 Å². The third-order valence-electron chi connectivity index (χ3n) is 4.33. The lowest BCUT2D eigenvalue weighted by Gasteiger charge is -2.08. The van der Waals surface area contributed by atoms with Crippen LogP contribution in [0.2, 0.25) is 4.34 Å². The molecule has 4 rings (SSSR count). The summed E-state index contributed by atoms with van der Waals surface area (Å²) in [5, 5.41) is 14.0. The molecule has 148 valence electrons. The van der Waals surface area contributed by atoms with Crippen molar-refractivity contribution in [1.29, 1.82) is 0 Å². The lowest BCUT2D eigenvalue weighted by atomic mass is 10.1. The predicted octanol–water partition coefficient (Wildman–Crippen LogP) is 4.93. The van der Waals surface area contributed by atoms with E-state index < -0.39 is 11.9 Å². The van der Waals surface area contributed by atoms with Crippen molar-refractivity contribution in [2.24, 2.45) is 0 Å². The number of esters is 1. The van der Waals surface area contributed by atoms with Crippen LogP contribution in [-0.4, -0.2) is 33.4 Å². The van der Waals surface area contributed by atoms with Gasteiger partial charge in [-0.15, -0.1) is 11.3 Å². The maximum atomic E-state index is 12.5. The van der Waals surface area contributed by atoms with Crippen LogP contribution >= 0.6 is 22.9 Å². The fourth-order valence-electron chi connectivity index (χ4n) is 3.06. The Kier molecular flexibility index (Phi) is 5.12. The molecule has 0 saturated heterocycles. The van der Waals surface area contributed by atoms with Crippen molar-refractivity contribution >= 4 is 45.8 Å². The normalized spacial score (nSPS) is 11.1. The van der Waals surface area contributed by atoms with E-state index in [1.54, 1.807) is 35.8 Å². The number of ether oxygens (including phenoxy) is 1. The summed E-state index contributed by atoms with van der Waals surface area (Å²) in [7, 11) is 0. The molecule has 0 unspecified atom stereocenters. The van der Waals surface area contributed by atoms with Crippen molar-refractivity contribution < 1.29 is 24.0 Å². The fraction of sp³-hybridized carbons (Fsp3) is 0.150. The third kappa shape index (κ3) is 3.76. The Bertz CT molecular complexity index is 1220.